The molecule has 2 aromatic rings. The molecule has 1 saturated carbocycles. The van der Waals surface area contributed by atoms with E-state index in [1.807, 2.05) is 12.1 Å². The monoisotopic (exact) mass is 397 g/mol. The van der Waals surface area contributed by atoms with E-state index in [-0.39, 0.29) is 17.5 Å². The van der Waals surface area contributed by atoms with Crippen LogP contribution in [-0.4, -0.2) is 17.6 Å². The summed E-state index contributed by atoms with van der Waals surface area (Å²) >= 11 is 1.51. The molecule has 0 radical (unpaired) electrons. The van der Waals surface area contributed by atoms with Gasteiger partial charge in [-0.3, -0.25) is 4.79 Å². The Kier molecular flexibility index (Phi) is 5.63. The van der Waals surface area contributed by atoms with Crippen molar-refractivity contribution >= 4 is 17.2 Å². The minimum absolute atomic E-state index is 0.277. The predicted octanol–water partition coefficient (Wildman–Crippen LogP) is 5.06. The molecule has 3 rings (SSSR count). The molecule has 1 amide bonds. The van der Waals surface area contributed by atoms with Crippen molar-refractivity contribution in [2.75, 3.05) is 6.54 Å². The Hall–Kier alpha value is -1.86. The third kappa shape index (κ3) is 4.19. The molecule has 0 bridgehead atoms. The summed E-state index contributed by atoms with van der Waals surface area (Å²) < 4.78 is 39.5. The summed E-state index contributed by atoms with van der Waals surface area (Å²) in [5.41, 5.74) is -1.55. The number of benzene rings is 1. The average Bonchev–Trinajstić information content (AvgIpc) is 3.29. The average molecular weight is 397 g/mol. The highest BCUT2D eigenvalue weighted by Crippen LogP contribution is 2.44. The summed E-state index contributed by atoms with van der Waals surface area (Å²) in [4.78, 5) is 14.4. The molecular weight excluding hydrogens is 375 g/mol. The van der Waals surface area contributed by atoms with Crippen LogP contribution >= 0.6 is 11.3 Å². The minimum atomic E-state index is -4.57. The van der Waals surface area contributed by atoms with Gasteiger partial charge in [-0.25, -0.2) is 0 Å². The molecule has 3 nitrogen and oxygen atoms in total. The van der Waals surface area contributed by atoms with E-state index >= 15 is 0 Å². The molecule has 27 heavy (non-hydrogen) atoms. The number of amides is 1. The second-order valence-electron chi connectivity index (χ2n) is 7.09. The van der Waals surface area contributed by atoms with Crippen molar-refractivity contribution < 1.29 is 23.1 Å². The SMILES string of the molecule is C[C@H](O)c1ccc(C2(CNC(=O)c3ccccc3C(F)(F)F)CCCC2)s1. The Morgan fingerprint density at radius 3 is 2.48 bits per heavy atom. The van der Waals surface area contributed by atoms with Crippen molar-refractivity contribution in [1.29, 1.82) is 0 Å². The standard InChI is InChI=1S/C20H22F3NO2S/c1-13(25)16-8-9-17(27-16)19(10-4-5-11-19)12-24-18(26)14-6-2-3-7-15(14)20(21,22)23/h2-3,6-9,13,25H,4-5,10-12H2,1H3,(H,24,26)/t13-/m0/s1. The lowest BCUT2D eigenvalue weighted by atomic mass is 9.84. The maximum Gasteiger partial charge on any atom is 0.417 e. The number of rotatable bonds is 5. The summed E-state index contributed by atoms with van der Waals surface area (Å²) in [6.45, 7) is 1.99. The van der Waals surface area contributed by atoms with E-state index in [2.05, 4.69) is 5.32 Å². The molecule has 1 aliphatic carbocycles. The van der Waals surface area contributed by atoms with Crippen molar-refractivity contribution in [3.8, 4) is 0 Å². The molecule has 0 spiro atoms. The number of hydrogen-bond acceptors (Lipinski definition) is 3. The topological polar surface area (TPSA) is 49.3 Å². The number of aliphatic hydroxyl groups excluding tert-OH is 1. The quantitative estimate of drug-likeness (QED) is 0.741. The van der Waals surface area contributed by atoms with E-state index < -0.39 is 23.8 Å². The minimum Gasteiger partial charge on any atom is -0.388 e. The maximum atomic E-state index is 13.2. The molecule has 1 fully saturated rings. The van der Waals surface area contributed by atoms with E-state index in [0.717, 1.165) is 41.5 Å². The van der Waals surface area contributed by atoms with E-state index in [1.54, 1.807) is 6.92 Å². The molecule has 7 heteroatoms. The van der Waals surface area contributed by atoms with E-state index in [4.69, 9.17) is 0 Å². The van der Waals surface area contributed by atoms with E-state index in [1.165, 1.54) is 29.5 Å². The van der Waals surface area contributed by atoms with Gasteiger partial charge in [-0.05, 0) is 44.0 Å². The zero-order valence-corrected chi connectivity index (χ0v) is 15.8. The van der Waals surface area contributed by atoms with Gasteiger partial charge in [0, 0.05) is 21.7 Å². The first-order valence-corrected chi connectivity index (χ1v) is 9.77. The number of aliphatic hydroxyl groups is 1. The number of nitrogens with one attached hydrogen (secondary N) is 1. The number of carbonyl (C=O) groups is 1. The lowest BCUT2D eigenvalue weighted by Gasteiger charge is -2.28. The third-order valence-corrected chi connectivity index (χ3v) is 6.69. The molecule has 0 aliphatic heterocycles. The summed E-state index contributed by atoms with van der Waals surface area (Å²) in [6, 6.07) is 8.69. The van der Waals surface area contributed by atoms with Gasteiger partial charge < -0.3 is 10.4 Å². The van der Waals surface area contributed by atoms with Crippen molar-refractivity contribution in [2.45, 2.75) is 50.3 Å². The summed E-state index contributed by atoms with van der Waals surface area (Å²) in [5, 5.41) is 12.5. The molecule has 0 unspecified atom stereocenters. The van der Waals surface area contributed by atoms with Crippen molar-refractivity contribution in [3.63, 3.8) is 0 Å². The van der Waals surface area contributed by atoms with Crippen LogP contribution in [0.15, 0.2) is 36.4 Å². The van der Waals surface area contributed by atoms with Crippen molar-refractivity contribution in [2.24, 2.45) is 0 Å². The van der Waals surface area contributed by atoms with Crippen LogP contribution in [0, 0.1) is 0 Å². The van der Waals surface area contributed by atoms with Crippen LogP contribution in [0.5, 0.6) is 0 Å². The first kappa shape index (κ1) is 19.9. The van der Waals surface area contributed by atoms with Crippen LogP contribution in [0.1, 0.15) is 64.4 Å². The lowest BCUT2D eigenvalue weighted by Crippen LogP contribution is -2.39. The normalized spacial score (nSPS) is 17.7. The highest BCUT2D eigenvalue weighted by Gasteiger charge is 2.39. The number of halogens is 3. The molecule has 1 heterocycles. The van der Waals surface area contributed by atoms with Gasteiger partial charge in [0.15, 0.2) is 0 Å². The largest absolute Gasteiger partial charge is 0.417 e. The smallest absolute Gasteiger partial charge is 0.388 e. The Labute approximate surface area is 160 Å². The number of alkyl halides is 3. The zero-order valence-electron chi connectivity index (χ0n) is 15.0. The van der Waals surface area contributed by atoms with E-state index in [0.29, 0.717) is 0 Å². The molecular formula is C20H22F3NO2S. The molecule has 0 saturated heterocycles. The van der Waals surface area contributed by atoms with Crippen molar-refractivity contribution in [1.82, 2.24) is 5.32 Å². The maximum absolute atomic E-state index is 13.2. The lowest BCUT2D eigenvalue weighted by molar-refractivity contribution is -0.137. The Bertz CT molecular complexity index is 808. The number of hydrogen-bond donors (Lipinski definition) is 2. The summed E-state index contributed by atoms with van der Waals surface area (Å²) in [7, 11) is 0. The van der Waals surface area contributed by atoms with Crippen molar-refractivity contribution in [3.05, 3.63) is 57.3 Å². The second kappa shape index (κ2) is 7.64. The van der Waals surface area contributed by atoms with Gasteiger partial charge in [-0.1, -0.05) is 25.0 Å². The molecule has 1 aliphatic rings. The third-order valence-electron chi connectivity index (χ3n) is 5.19. The van der Waals surface area contributed by atoms with Crippen LogP contribution in [-0.2, 0) is 11.6 Å². The fourth-order valence-electron chi connectivity index (χ4n) is 3.70. The Morgan fingerprint density at radius 2 is 1.89 bits per heavy atom. The summed E-state index contributed by atoms with van der Waals surface area (Å²) in [6.07, 6.45) is -1.37. The van der Waals surface area contributed by atoms with E-state index in [9.17, 15) is 23.1 Å². The fourth-order valence-corrected chi connectivity index (χ4v) is 4.89. The van der Waals surface area contributed by atoms with Gasteiger partial charge in [0.25, 0.3) is 5.91 Å². The number of thiophene rings is 1. The van der Waals surface area contributed by atoms with Gasteiger partial charge in [0.1, 0.15) is 0 Å². The fraction of sp³-hybridized carbons (Fsp3) is 0.450. The highest BCUT2D eigenvalue weighted by atomic mass is 32.1. The zero-order chi connectivity index (χ0) is 19.7. The first-order valence-electron chi connectivity index (χ1n) is 8.96. The molecule has 1 aromatic carbocycles. The first-order chi connectivity index (χ1) is 12.7. The van der Waals surface area contributed by atoms with Gasteiger partial charge in [0.05, 0.1) is 17.2 Å². The Morgan fingerprint density at radius 1 is 1.22 bits per heavy atom. The van der Waals surface area contributed by atoms with Crippen LogP contribution in [0.3, 0.4) is 0 Å². The molecule has 146 valence electrons. The second-order valence-corrected chi connectivity index (χ2v) is 8.21. The molecule has 2 N–H and O–H groups in total. The van der Waals surface area contributed by atoms with Gasteiger partial charge in [0.2, 0.25) is 0 Å². The molecule has 1 atom stereocenters. The predicted molar refractivity (Wildman–Crippen MR) is 98.9 cm³/mol. The van der Waals surface area contributed by atoms with Crippen LogP contribution in [0.4, 0.5) is 13.2 Å². The Balaban J connectivity index is 1.80. The number of carbonyl (C=O) groups excluding carboxylic acids is 1. The van der Waals surface area contributed by atoms with Gasteiger partial charge in [-0.15, -0.1) is 11.3 Å². The van der Waals surface area contributed by atoms with Gasteiger partial charge in [-0.2, -0.15) is 13.2 Å². The molecule has 1 aromatic heterocycles. The highest BCUT2D eigenvalue weighted by molar-refractivity contribution is 7.12. The van der Waals surface area contributed by atoms with Gasteiger partial charge >= 0.3 is 6.18 Å². The summed E-state index contributed by atoms with van der Waals surface area (Å²) in [5.74, 6) is -0.707. The van der Waals surface area contributed by atoms with Crippen LogP contribution in [0.25, 0.3) is 0 Å². The van der Waals surface area contributed by atoms with Crippen LogP contribution < -0.4 is 5.32 Å². The van der Waals surface area contributed by atoms with Crippen LogP contribution in [0.2, 0.25) is 0 Å².